The number of anilines is 1. The molecule has 4 rings (SSSR count). The molecule has 31 heavy (non-hydrogen) atoms. The van der Waals surface area contributed by atoms with Gasteiger partial charge in [0.25, 0.3) is 5.91 Å². The summed E-state index contributed by atoms with van der Waals surface area (Å²) in [5, 5.41) is 8.05. The van der Waals surface area contributed by atoms with E-state index in [1.54, 1.807) is 37.6 Å². The molecule has 2 aromatic heterocycles. The van der Waals surface area contributed by atoms with Crippen molar-refractivity contribution in [3.8, 4) is 5.75 Å². The van der Waals surface area contributed by atoms with Gasteiger partial charge in [0.1, 0.15) is 5.75 Å². The van der Waals surface area contributed by atoms with Gasteiger partial charge in [0.05, 0.1) is 36.2 Å². The number of ether oxygens (including phenoxy) is 2. The molecular weight excluding hydrogens is 434 g/mol. The summed E-state index contributed by atoms with van der Waals surface area (Å²) in [6, 6.07) is 15.6. The maximum absolute atomic E-state index is 13.3. The van der Waals surface area contributed by atoms with Crippen LogP contribution in [-0.2, 0) is 4.74 Å². The minimum atomic E-state index is -0.466. The third-order valence-corrected chi connectivity index (χ3v) is 6.16. The fourth-order valence-corrected chi connectivity index (χ4v) is 4.30. The molecule has 4 aromatic rings. The van der Waals surface area contributed by atoms with Gasteiger partial charge in [-0.05, 0) is 53.9 Å². The van der Waals surface area contributed by atoms with Crippen molar-refractivity contribution in [2.24, 2.45) is 5.10 Å². The summed E-state index contributed by atoms with van der Waals surface area (Å²) < 4.78 is 10.9. The second-order valence-electron chi connectivity index (χ2n) is 6.28. The quantitative estimate of drug-likeness (QED) is 0.238. The Hall–Kier alpha value is -3.56. The van der Waals surface area contributed by atoms with E-state index in [2.05, 4.69) is 10.1 Å². The molecule has 2 heterocycles. The molecule has 156 valence electrons. The van der Waals surface area contributed by atoms with Crippen molar-refractivity contribution in [2.45, 2.75) is 0 Å². The molecule has 0 aliphatic rings. The zero-order valence-corrected chi connectivity index (χ0v) is 18.3. The average Bonchev–Trinajstić information content (AvgIpc) is 3.48. The molecule has 0 spiro atoms. The van der Waals surface area contributed by atoms with E-state index in [1.165, 1.54) is 34.8 Å². The number of carbonyl (C=O) groups is 2. The summed E-state index contributed by atoms with van der Waals surface area (Å²) in [5.41, 5.74) is 1.47. The molecule has 7 nitrogen and oxygen atoms in total. The molecule has 0 aliphatic carbocycles. The lowest BCUT2D eigenvalue weighted by molar-refractivity contribution is 0.0600. The highest BCUT2D eigenvalue weighted by molar-refractivity contribution is 7.22. The molecule has 0 saturated carbocycles. The maximum atomic E-state index is 13.3. The minimum absolute atomic E-state index is 0.361. The van der Waals surface area contributed by atoms with Gasteiger partial charge in [-0.25, -0.2) is 9.78 Å². The zero-order chi connectivity index (χ0) is 21.8. The van der Waals surface area contributed by atoms with E-state index in [1.807, 2.05) is 35.7 Å². The molecule has 1 amide bonds. The van der Waals surface area contributed by atoms with Gasteiger partial charge in [-0.2, -0.15) is 10.1 Å². The lowest BCUT2D eigenvalue weighted by atomic mass is 10.1. The second-order valence-corrected chi connectivity index (χ2v) is 8.26. The summed E-state index contributed by atoms with van der Waals surface area (Å²) in [7, 11) is 2.91. The Morgan fingerprint density at radius 1 is 1.06 bits per heavy atom. The summed E-state index contributed by atoms with van der Waals surface area (Å²) in [4.78, 5) is 30.5. The number of hydrogen-bond donors (Lipinski definition) is 0. The van der Waals surface area contributed by atoms with Crippen molar-refractivity contribution in [3.05, 3.63) is 76.0 Å². The van der Waals surface area contributed by atoms with Crippen LogP contribution in [0.25, 0.3) is 10.2 Å². The lowest BCUT2D eigenvalue weighted by Gasteiger charge is -2.13. The van der Waals surface area contributed by atoms with E-state index in [-0.39, 0.29) is 5.91 Å². The van der Waals surface area contributed by atoms with Crippen molar-refractivity contribution in [2.75, 3.05) is 19.2 Å². The Morgan fingerprint density at radius 3 is 2.52 bits per heavy atom. The monoisotopic (exact) mass is 451 g/mol. The van der Waals surface area contributed by atoms with Crippen LogP contribution in [0.1, 0.15) is 25.6 Å². The molecule has 2 aromatic carbocycles. The first-order valence-electron chi connectivity index (χ1n) is 9.14. The molecule has 0 fully saturated rings. The van der Waals surface area contributed by atoms with Crippen molar-refractivity contribution >= 4 is 56.1 Å². The van der Waals surface area contributed by atoms with Crippen LogP contribution >= 0.6 is 22.7 Å². The number of benzene rings is 2. The summed E-state index contributed by atoms with van der Waals surface area (Å²) >= 11 is 2.85. The molecular formula is C22H17N3O4S2. The number of esters is 1. The van der Waals surface area contributed by atoms with Crippen molar-refractivity contribution in [1.82, 2.24) is 4.98 Å². The van der Waals surface area contributed by atoms with Crippen LogP contribution in [0, 0.1) is 0 Å². The van der Waals surface area contributed by atoms with E-state index in [0.29, 0.717) is 22.0 Å². The molecule has 0 saturated heterocycles. The van der Waals surface area contributed by atoms with Gasteiger partial charge in [-0.15, -0.1) is 11.3 Å². The number of methoxy groups -OCH3 is 2. The number of carbonyl (C=O) groups excluding carboxylic acids is 2. The number of hydrazone groups is 1. The highest BCUT2D eigenvalue weighted by atomic mass is 32.1. The number of fused-ring (bicyclic) bond motifs is 1. The van der Waals surface area contributed by atoms with Crippen molar-refractivity contribution < 1.29 is 19.1 Å². The first-order chi connectivity index (χ1) is 15.1. The Labute approximate surface area is 186 Å². The lowest BCUT2D eigenvalue weighted by Crippen LogP contribution is -2.25. The SMILES string of the molecule is COC(=O)c1ccc(C(=O)N(/N=C/c2cccs2)c2nc3ccc(OC)cc3s2)cc1. The Morgan fingerprint density at radius 2 is 1.84 bits per heavy atom. The van der Waals surface area contributed by atoms with Gasteiger partial charge in [0, 0.05) is 10.4 Å². The van der Waals surface area contributed by atoms with E-state index in [4.69, 9.17) is 9.47 Å². The Kier molecular flexibility index (Phi) is 6.06. The number of nitrogens with zero attached hydrogens (tertiary/aromatic N) is 3. The van der Waals surface area contributed by atoms with Gasteiger partial charge in [-0.3, -0.25) is 4.79 Å². The number of thiazole rings is 1. The molecule has 0 N–H and O–H groups in total. The fourth-order valence-electron chi connectivity index (χ4n) is 2.77. The van der Waals surface area contributed by atoms with Crippen LogP contribution in [0.5, 0.6) is 5.75 Å². The Balaban J connectivity index is 1.72. The minimum Gasteiger partial charge on any atom is -0.497 e. The smallest absolute Gasteiger partial charge is 0.337 e. The molecule has 0 atom stereocenters. The fraction of sp³-hybridized carbons (Fsp3) is 0.0909. The highest BCUT2D eigenvalue weighted by Crippen LogP contribution is 2.32. The molecule has 0 unspecified atom stereocenters. The zero-order valence-electron chi connectivity index (χ0n) is 16.6. The molecule has 0 aliphatic heterocycles. The molecule has 0 radical (unpaired) electrons. The van der Waals surface area contributed by atoms with Gasteiger partial charge in [0.15, 0.2) is 0 Å². The molecule has 0 bridgehead atoms. The van der Waals surface area contributed by atoms with E-state index >= 15 is 0 Å². The normalized spacial score (nSPS) is 11.0. The van der Waals surface area contributed by atoms with Crippen molar-refractivity contribution in [1.29, 1.82) is 0 Å². The van der Waals surface area contributed by atoms with Crippen LogP contribution < -0.4 is 9.75 Å². The first-order valence-corrected chi connectivity index (χ1v) is 10.8. The van der Waals surface area contributed by atoms with Gasteiger partial charge in [-0.1, -0.05) is 17.4 Å². The van der Waals surface area contributed by atoms with E-state index in [9.17, 15) is 9.59 Å². The number of thiophene rings is 1. The molecule has 9 heteroatoms. The summed E-state index contributed by atoms with van der Waals surface area (Å²) in [5.74, 6) is -0.122. The van der Waals surface area contributed by atoms with E-state index < -0.39 is 5.97 Å². The average molecular weight is 452 g/mol. The van der Waals surface area contributed by atoms with Crippen LogP contribution in [0.4, 0.5) is 5.13 Å². The summed E-state index contributed by atoms with van der Waals surface area (Å²) in [6.07, 6.45) is 1.62. The highest BCUT2D eigenvalue weighted by Gasteiger charge is 2.22. The summed E-state index contributed by atoms with van der Waals surface area (Å²) in [6.45, 7) is 0. The van der Waals surface area contributed by atoms with Gasteiger partial charge >= 0.3 is 5.97 Å². The number of aromatic nitrogens is 1. The number of hydrogen-bond acceptors (Lipinski definition) is 8. The van der Waals surface area contributed by atoms with Crippen LogP contribution in [0.2, 0.25) is 0 Å². The standard InChI is InChI=1S/C22H17N3O4S2/c1-28-16-9-10-18-19(12-16)31-22(24-18)25(23-13-17-4-3-11-30-17)20(26)14-5-7-15(8-6-14)21(27)29-2/h3-13H,1-2H3/b23-13+. The number of amides is 1. The van der Waals surface area contributed by atoms with Crippen LogP contribution in [-0.4, -0.2) is 37.3 Å². The van der Waals surface area contributed by atoms with Gasteiger partial charge in [0.2, 0.25) is 5.13 Å². The third kappa shape index (κ3) is 4.47. The topological polar surface area (TPSA) is 81.1 Å². The maximum Gasteiger partial charge on any atom is 0.337 e. The number of rotatable bonds is 6. The Bertz CT molecular complexity index is 1250. The predicted molar refractivity (Wildman–Crippen MR) is 123 cm³/mol. The first kappa shape index (κ1) is 20.7. The predicted octanol–water partition coefficient (Wildman–Crippen LogP) is 4.83. The van der Waals surface area contributed by atoms with Crippen molar-refractivity contribution in [3.63, 3.8) is 0 Å². The largest absolute Gasteiger partial charge is 0.497 e. The van der Waals surface area contributed by atoms with Gasteiger partial charge < -0.3 is 9.47 Å². The van der Waals surface area contributed by atoms with Crippen LogP contribution in [0.3, 0.4) is 0 Å². The third-order valence-electron chi connectivity index (χ3n) is 4.35. The second kappa shape index (κ2) is 9.07. The van der Waals surface area contributed by atoms with Crippen LogP contribution in [0.15, 0.2) is 65.1 Å². The van der Waals surface area contributed by atoms with E-state index in [0.717, 1.165) is 15.1 Å².